The van der Waals surface area contributed by atoms with Crippen LogP contribution < -0.4 is 0 Å². The van der Waals surface area contributed by atoms with Crippen molar-refractivity contribution in [2.45, 2.75) is 44.9 Å². The van der Waals surface area contributed by atoms with Gasteiger partial charge in [0, 0.05) is 0 Å². The minimum Gasteiger partial charge on any atom is -0.207 e. The highest BCUT2D eigenvalue weighted by molar-refractivity contribution is 5.25. The normalized spacial score (nSPS) is 31.5. The van der Waals surface area contributed by atoms with Gasteiger partial charge in [-0.3, -0.25) is 0 Å². The molecule has 1 aromatic carbocycles. The molecular weight excluding hydrogens is 187 g/mol. The van der Waals surface area contributed by atoms with Gasteiger partial charge in [-0.05, 0) is 54.7 Å². The summed E-state index contributed by atoms with van der Waals surface area (Å²) in [6.45, 7) is 4.64. The van der Waals surface area contributed by atoms with Crippen molar-refractivity contribution in [2.24, 2.45) is 5.92 Å². The summed E-state index contributed by atoms with van der Waals surface area (Å²) in [5.41, 5.74) is 1.58. The van der Waals surface area contributed by atoms with Crippen LogP contribution in [0, 0.1) is 11.7 Å². The summed E-state index contributed by atoms with van der Waals surface area (Å²) >= 11 is 0. The van der Waals surface area contributed by atoms with Gasteiger partial charge in [-0.25, -0.2) is 4.39 Å². The summed E-state index contributed by atoms with van der Waals surface area (Å²) < 4.78 is 12.8. The lowest BCUT2D eigenvalue weighted by atomic mass is 9.68. The van der Waals surface area contributed by atoms with Crippen molar-refractivity contribution in [1.82, 2.24) is 0 Å². The van der Waals surface area contributed by atoms with Gasteiger partial charge in [0.1, 0.15) is 5.82 Å². The van der Waals surface area contributed by atoms with Crippen molar-refractivity contribution >= 4 is 0 Å². The van der Waals surface area contributed by atoms with E-state index in [4.69, 9.17) is 0 Å². The molecule has 1 aliphatic carbocycles. The first-order valence-corrected chi connectivity index (χ1v) is 5.86. The first-order chi connectivity index (χ1) is 7.10. The molecule has 0 amide bonds. The van der Waals surface area contributed by atoms with Crippen molar-refractivity contribution in [2.75, 3.05) is 0 Å². The molecule has 0 nitrogen and oxygen atoms in total. The Labute approximate surface area is 91.5 Å². The zero-order valence-electron chi connectivity index (χ0n) is 9.59. The van der Waals surface area contributed by atoms with Crippen molar-refractivity contribution < 1.29 is 4.39 Å². The Morgan fingerprint density at radius 3 is 2.20 bits per heavy atom. The van der Waals surface area contributed by atoms with Crippen LogP contribution in [0.2, 0.25) is 0 Å². The van der Waals surface area contributed by atoms with Crippen molar-refractivity contribution in [3.63, 3.8) is 0 Å². The second kappa shape index (κ2) is 3.96. The Hall–Kier alpha value is -0.850. The van der Waals surface area contributed by atoms with Crippen molar-refractivity contribution in [3.05, 3.63) is 35.6 Å². The molecule has 1 aliphatic rings. The fraction of sp³-hybridized carbons (Fsp3) is 0.571. The van der Waals surface area contributed by atoms with E-state index in [1.165, 1.54) is 31.2 Å². The lowest BCUT2D eigenvalue weighted by molar-refractivity contribution is 0.260. The quantitative estimate of drug-likeness (QED) is 0.643. The molecule has 1 saturated carbocycles. The lowest BCUT2D eigenvalue weighted by Crippen LogP contribution is -2.27. The van der Waals surface area contributed by atoms with Gasteiger partial charge in [-0.1, -0.05) is 26.0 Å². The number of hydrogen-bond acceptors (Lipinski definition) is 0. The Morgan fingerprint density at radius 2 is 1.67 bits per heavy atom. The van der Waals surface area contributed by atoms with Crippen LogP contribution in [0.5, 0.6) is 0 Å². The van der Waals surface area contributed by atoms with Gasteiger partial charge in [0.15, 0.2) is 0 Å². The molecule has 1 aromatic rings. The molecule has 1 fully saturated rings. The fourth-order valence-electron chi connectivity index (χ4n) is 2.54. The third-order valence-electron chi connectivity index (χ3n) is 3.92. The van der Waals surface area contributed by atoms with Gasteiger partial charge in [0.25, 0.3) is 0 Å². The van der Waals surface area contributed by atoms with Crippen LogP contribution in [0.4, 0.5) is 4.39 Å². The standard InChI is InChI=1S/C14H19F/c1-11-7-9-14(2,10-8-11)12-3-5-13(15)6-4-12/h3-6,11H,7-10H2,1-2H3. The lowest BCUT2D eigenvalue weighted by Gasteiger charge is -2.36. The summed E-state index contributed by atoms with van der Waals surface area (Å²) in [7, 11) is 0. The van der Waals surface area contributed by atoms with Crippen LogP contribution in [0.15, 0.2) is 24.3 Å². The third kappa shape index (κ3) is 2.22. The van der Waals surface area contributed by atoms with Crippen LogP contribution in [-0.4, -0.2) is 0 Å². The van der Waals surface area contributed by atoms with E-state index in [-0.39, 0.29) is 11.2 Å². The predicted molar refractivity (Wildman–Crippen MR) is 61.4 cm³/mol. The molecule has 0 atom stereocenters. The number of rotatable bonds is 1. The molecule has 0 radical (unpaired) electrons. The van der Waals surface area contributed by atoms with E-state index in [9.17, 15) is 4.39 Å². The van der Waals surface area contributed by atoms with Crippen molar-refractivity contribution in [3.8, 4) is 0 Å². The van der Waals surface area contributed by atoms with Gasteiger partial charge in [-0.15, -0.1) is 0 Å². The topological polar surface area (TPSA) is 0 Å². The van der Waals surface area contributed by atoms with E-state index in [1.807, 2.05) is 12.1 Å². The van der Waals surface area contributed by atoms with E-state index >= 15 is 0 Å². The van der Waals surface area contributed by atoms with Gasteiger partial charge >= 0.3 is 0 Å². The highest BCUT2D eigenvalue weighted by atomic mass is 19.1. The minimum absolute atomic E-state index is 0.133. The van der Waals surface area contributed by atoms with Gasteiger partial charge < -0.3 is 0 Å². The monoisotopic (exact) mass is 206 g/mol. The molecule has 15 heavy (non-hydrogen) atoms. The number of benzene rings is 1. The summed E-state index contributed by atoms with van der Waals surface area (Å²) in [6, 6.07) is 7.06. The van der Waals surface area contributed by atoms with Crippen LogP contribution in [0.3, 0.4) is 0 Å². The van der Waals surface area contributed by atoms with E-state index in [2.05, 4.69) is 13.8 Å². The van der Waals surface area contributed by atoms with Gasteiger partial charge in [-0.2, -0.15) is 0 Å². The number of halogens is 1. The summed E-state index contributed by atoms with van der Waals surface area (Å²) in [4.78, 5) is 0. The molecule has 0 saturated heterocycles. The smallest absolute Gasteiger partial charge is 0.123 e. The molecule has 82 valence electrons. The summed E-state index contributed by atoms with van der Waals surface area (Å²) in [5, 5.41) is 0. The molecule has 0 heterocycles. The SMILES string of the molecule is CC1CCC(C)(c2ccc(F)cc2)CC1. The Morgan fingerprint density at radius 1 is 1.13 bits per heavy atom. The molecule has 0 N–H and O–H groups in total. The van der Waals surface area contributed by atoms with Crippen LogP contribution in [0.25, 0.3) is 0 Å². The Kier molecular flexibility index (Phi) is 2.81. The predicted octanol–water partition coefficient (Wildman–Crippen LogP) is 4.29. The largest absolute Gasteiger partial charge is 0.207 e. The maximum atomic E-state index is 12.8. The summed E-state index contributed by atoms with van der Waals surface area (Å²) in [6.07, 6.45) is 5.07. The van der Waals surface area contributed by atoms with Crippen molar-refractivity contribution in [1.29, 1.82) is 0 Å². The fourth-order valence-corrected chi connectivity index (χ4v) is 2.54. The molecule has 0 aromatic heterocycles. The second-order valence-electron chi connectivity index (χ2n) is 5.25. The Bertz CT molecular complexity index is 318. The Balaban J connectivity index is 2.18. The second-order valence-corrected chi connectivity index (χ2v) is 5.25. The molecule has 1 heteroatoms. The molecule has 0 spiro atoms. The van der Waals surface area contributed by atoms with Gasteiger partial charge in [0.05, 0.1) is 0 Å². The zero-order valence-corrected chi connectivity index (χ0v) is 9.59. The van der Waals surface area contributed by atoms with E-state index in [1.54, 1.807) is 12.1 Å². The van der Waals surface area contributed by atoms with E-state index in [0.717, 1.165) is 5.92 Å². The first-order valence-electron chi connectivity index (χ1n) is 5.86. The molecule has 0 unspecified atom stereocenters. The maximum absolute atomic E-state index is 12.8. The maximum Gasteiger partial charge on any atom is 0.123 e. The minimum atomic E-state index is -0.133. The molecule has 0 bridgehead atoms. The van der Waals surface area contributed by atoms with E-state index in [0.29, 0.717) is 0 Å². The van der Waals surface area contributed by atoms with Crippen LogP contribution in [-0.2, 0) is 5.41 Å². The highest BCUT2D eigenvalue weighted by Gasteiger charge is 2.30. The average molecular weight is 206 g/mol. The zero-order chi connectivity index (χ0) is 10.9. The first kappa shape index (κ1) is 10.7. The van der Waals surface area contributed by atoms with Crippen LogP contribution in [0.1, 0.15) is 45.1 Å². The third-order valence-corrected chi connectivity index (χ3v) is 3.92. The molecule has 2 rings (SSSR count). The highest BCUT2D eigenvalue weighted by Crippen LogP contribution is 2.40. The average Bonchev–Trinajstić information content (AvgIpc) is 2.24. The van der Waals surface area contributed by atoms with Crippen LogP contribution >= 0.6 is 0 Å². The molecule has 0 aliphatic heterocycles. The van der Waals surface area contributed by atoms with Gasteiger partial charge in [0.2, 0.25) is 0 Å². The molecular formula is C14H19F. The van der Waals surface area contributed by atoms with E-state index < -0.39 is 0 Å². The number of hydrogen-bond donors (Lipinski definition) is 0. The summed E-state index contributed by atoms with van der Waals surface area (Å²) in [5.74, 6) is 0.727.